The number of hydrogen-bond donors (Lipinski definition) is 1. The van der Waals surface area contributed by atoms with Crippen LogP contribution in [0, 0.1) is 13.8 Å². The smallest absolute Gasteiger partial charge is 0.270 e. The Balaban J connectivity index is 1.77. The number of anilines is 1. The van der Waals surface area contributed by atoms with Crippen LogP contribution >= 0.6 is 12.2 Å². The van der Waals surface area contributed by atoms with E-state index in [1.807, 2.05) is 42.7 Å². The first-order chi connectivity index (χ1) is 15.8. The fraction of sp³-hybridized carbons (Fsp3) is 0.167. The fourth-order valence-electron chi connectivity index (χ4n) is 3.77. The maximum atomic E-state index is 13.5. The van der Waals surface area contributed by atoms with Gasteiger partial charge < -0.3 is 14.0 Å². The van der Waals surface area contributed by atoms with Crippen molar-refractivity contribution < 1.29 is 19.1 Å². The molecule has 9 heteroatoms. The van der Waals surface area contributed by atoms with Gasteiger partial charge in [0.05, 0.1) is 19.9 Å². The van der Waals surface area contributed by atoms with E-state index in [0.717, 1.165) is 22.8 Å². The molecule has 2 amide bonds. The second-order valence-electron chi connectivity index (χ2n) is 7.35. The summed E-state index contributed by atoms with van der Waals surface area (Å²) in [5.41, 5.74) is 2.86. The van der Waals surface area contributed by atoms with Crippen molar-refractivity contribution in [1.29, 1.82) is 0 Å². The third-order valence-electron chi connectivity index (χ3n) is 5.38. The highest BCUT2D eigenvalue weighted by molar-refractivity contribution is 7.80. The number of rotatable bonds is 5. The van der Waals surface area contributed by atoms with Gasteiger partial charge in [-0.25, -0.2) is 9.88 Å². The molecule has 1 N–H and O–H groups in total. The summed E-state index contributed by atoms with van der Waals surface area (Å²) in [5, 5.41) is 2.58. The second kappa shape index (κ2) is 8.87. The zero-order chi connectivity index (χ0) is 23.7. The molecule has 0 aliphatic carbocycles. The summed E-state index contributed by atoms with van der Waals surface area (Å²) in [4.78, 5) is 31.8. The minimum atomic E-state index is -0.559. The Morgan fingerprint density at radius 1 is 1.06 bits per heavy atom. The van der Waals surface area contributed by atoms with Gasteiger partial charge in [0.1, 0.15) is 22.9 Å². The number of thiocarbonyl (C=S) groups is 1. The van der Waals surface area contributed by atoms with E-state index >= 15 is 0 Å². The first-order valence-electron chi connectivity index (χ1n) is 10.1. The highest BCUT2D eigenvalue weighted by Gasteiger charge is 2.36. The number of nitrogens with zero attached hydrogens (tertiary/aromatic N) is 3. The van der Waals surface area contributed by atoms with E-state index in [2.05, 4.69) is 10.3 Å². The zero-order valence-electron chi connectivity index (χ0n) is 18.6. The molecule has 2 aromatic heterocycles. The van der Waals surface area contributed by atoms with Crippen molar-refractivity contribution in [2.45, 2.75) is 13.8 Å². The summed E-state index contributed by atoms with van der Waals surface area (Å²) in [5.74, 6) is 0.593. The maximum Gasteiger partial charge on any atom is 0.270 e. The van der Waals surface area contributed by atoms with Crippen LogP contribution in [0.5, 0.6) is 11.5 Å². The van der Waals surface area contributed by atoms with Crippen molar-refractivity contribution in [1.82, 2.24) is 14.9 Å². The summed E-state index contributed by atoms with van der Waals surface area (Å²) < 4.78 is 12.6. The zero-order valence-corrected chi connectivity index (χ0v) is 19.4. The third-order valence-corrected chi connectivity index (χ3v) is 5.66. The lowest BCUT2D eigenvalue weighted by Crippen LogP contribution is -2.54. The largest absolute Gasteiger partial charge is 0.497 e. The Morgan fingerprint density at radius 3 is 2.52 bits per heavy atom. The maximum absolute atomic E-state index is 13.5. The molecule has 33 heavy (non-hydrogen) atoms. The first kappa shape index (κ1) is 22.2. The van der Waals surface area contributed by atoms with E-state index in [1.165, 1.54) is 19.1 Å². The van der Waals surface area contributed by atoms with Crippen molar-refractivity contribution in [3.63, 3.8) is 0 Å². The van der Waals surface area contributed by atoms with Crippen LogP contribution in [0.3, 0.4) is 0 Å². The van der Waals surface area contributed by atoms with Gasteiger partial charge in [0.25, 0.3) is 11.8 Å². The molecule has 8 nitrogen and oxygen atoms in total. The molecule has 1 aliphatic rings. The topological polar surface area (TPSA) is 85.7 Å². The number of benzene rings is 1. The fourth-order valence-corrected chi connectivity index (χ4v) is 4.05. The molecule has 1 aliphatic heterocycles. The molecule has 1 fully saturated rings. The van der Waals surface area contributed by atoms with Gasteiger partial charge in [-0.1, -0.05) is 6.07 Å². The average molecular weight is 463 g/mol. The minimum Gasteiger partial charge on any atom is -0.497 e. The number of amides is 2. The van der Waals surface area contributed by atoms with E-state index in [1.54, 1.807) is 30.5 Å². The average Bonchev–Trinajstić information content (AvgIpc) is 3.09. The third kappa shape index (κ3) is 3.98. The Hall–Kier alpha value is -3.98. The van der Waals surface area contributed by atoms with E-state index in [4.69, 9.17) is 21.7 Å². The van der Waals surface area contributed by atoms with E-state index in [0.29, 0.717) is 17.2 Å². The monoisotopic (exact) mass is 462 g/mol. The number of nitrogens with one attached hydrogen (secondary N) is 1. The number of aryl methyl sites for hydroxylation is 1. The predicted molar refractivity (Wildman–Crippen MR) is 129 cm³/mol. The van der Waals surface area contributed by atoms with E-state index < -0.39 is 11.8 Å². The number of ether oxygens (including phenoxy) is 2. The highest BCUT2D eigenvalue weighted by atomic mass is 32.1. The number of hydrogen-bond acceptors (Lipinski definition) is 6. The van der Waals surface area contributed by atoms with Crippen LogP contribution in [0.25, 0.3) is 11.9 Å². The molecular formula is C24H22N4O4S. The SMILES string of the molecule is COc1ccc(N2C(=O)/C(=C/c3cc(C)n(-c4ccccn4)c3C)C(=O)NC2=S)c(OC)c1. The van der Waals surface area contributed by atoms with Gasteiger partial charge in [-0.15, -0.1) is 0 Å². The van der Waals surface area contributed by atoms with Crippen molar-refractivity contribution in [2.24, 2.45) is 0 Å². The van der Waals surface area contributed by atoms with Gasteiger partial charge in [0, 0.05) is 23.7 Å². The molecule has 0 spiro atoms. The van der Waals surface area contributed by atoms with Crippen molar-refractivity contribution >= 4 is 40.9 Å². The van der Waals surface area contributed by atoms with Crippen LogP contribution in [0.15, 0.2) is 54.2 Å². The molecule has 0 bridgehead atoms. The number of aromatic nitrogens is 2. The summed E-state index contributed by atoms with van der Waals surface area (Å²) in [6, 6.07) is 12.5. The molecule has 3 heterocycles. The molecule has 1 aromatic carbocycles. The molecule has 1 saturated heterocycles. The lowest BCUT2D eigenvalue weighted by molar-refractivity contribution is -0.122. The number of carbonyl (C=O) groups excluding carboxylic acids is 2. The van der Waals surface area contributed by atoms with Crippen molar-refractivity contribution in [2.75, 3.05) is 19.1 Å². The van der Waals surface area contributed by atoms with Gasteiger partial charge >= 0.3 is 0 Å². The normalized spacial score (nSPS) is 15.1. The summed E-state index contributed by atoms with van der Waals surface area (Å²) in [7, 11) is 3.02. The van der Waals surface area contributed by atoms with Crippen molar-refractivity contribution in [3.8, 4) is 17.3 Å². The lowest BCUT2D eigenvalue weighted by Gasteiger charge is -2.30. The molecule has 0 radical (unpaired) electrons. The molecular weight excluding hydrogens is 440 g/mol. The number of methoxy groups -OCH3 is 2. The van der Waals surface area contributed by atoms with Crippen LogP contribution in [-0.4, -0.2) is 40.7 Å². The summed E-state index contributed by atoms with van der Waals surface area (Å²) in [6.07, 6.45) is 3.29. The summed E-state index contributed by atoms with van der Waals surface area (Å²) in [6.45, 7) is 3.85. The van der Waals surface area contributed by atoms with Crippen LogP contribution in [0.4, 0.5) is 5.69 Å². The number of carbonyl (C=O) groups is 2. The standard InChI is InChI=1S/C24H22N4O4S/c1-14-11-16(15(2)27(14)21-7-5-6-10-25-21)12-18-22(29)26-24(33)28(23(18)30)19-9-8-17(31-3)13-20(19)32-4/h5-13H,1-4H3,(H,26,29,33)/b18-12+. The van der Waals surface area contributed by atoms with Gasteiger partial charge in [0.2, 0.25) is 0 Å². The van der Waals surface area contributed by atoms with Crippen LogP contribution in [-0.2, 0) is 9.59 Å². The van der Waals surface area contributed by atoms with E-state index in [9.17, 15) is 9.59 Å². The Kier molecular flexibility index (Phi) is 5.97. The molecule has 0 unspecified atom stereocenters. The van der Waals surface area contributed by atoms with Crippen LogP contribution in [0.2, 0.25) is 0 Å². The molecule has 0 atom stereocenters. The van der Waals surface area contributed by atoms with Gasteiger partial charge in [-0.05, 0) is 68.0 Å². The molecule has 0 saturated carbocycles. The van der Waals surface area contributed by atoms with E-state index in [-0.39, 0.29) is 10.7 Å². The second-order valence-corrected chi connectivity index (χ2v) is 7.73. The first-order valence-corrected chi connectivity index (χ1v) is 10.5. The summed E-state index contributed by atoms with van der Waals surface area (Å²) >= 11 is 5.31. The van der Waals surface area contributed by atoms with Gasteiger partial charge in [-0.2, -0.15) is 0 Å². The quantitative estimate of drug-likeness (QED) is 0.356. The molecule has 4 rings (SSSR count). The number of pyridine rings is 1. The predicted octanol–water partition coefficient (Wildman–Crippen LogP) is 3.34. The minimum absolute atomic E-state index is 0.0235. The van der Waals surface area contributed by atoms with Crippen LogP contribution < -0.4 is 19.7 Å². The Bertz CT molecular complexity index is 1300. The Labute approximate surface area is 196 Å². The molecule has 168 valence electrons. The van der Waals surface area contributed by atoms with Gasteiger partial charge in [-0.3, -0.25) is 14.9 Å². The van der Waals surface area contributed by atoms with Crippen molar-refractivity contribution in [3.05, 3.63) is 71.2 Å². The lowest BCUT2D eigenvalue weighted by atomic mass is 10.1. The van der Waals surface area contributed by atoms with Gasteiger partial charge in [0.15, 0.2) is 5.11 Å². The highest BCUT2D eigenvalue weighted by Crippen LogP contribution is 2.34. The Morgan fingerprint density at radius 2 is 1.85 bits per heavy atom. The molecule has 3 aromatic rings. The van der Waals surface area contributed by atoms with Crippen LogP contribution in [0.1, 0.15) is 17.0 Å².